The van der Waals surface area contributed by atoms with Gasteiger partial charge in [-0.2, -0.15) is 0 Å². The first-order valence-corrected chi connectivity index (χ1v) is 14.9. The van der Waals surface area contributed by atoms with Gasteiger partial charge in [-0.05, 0) is 56.1 Å². The molecular formula is C33H46N4O5. The van der Waals surface area contributed by atoms with Gasteiger partial charge in [-0.25, -0.2) is 10.3 Å². The van der Waals surface area contributed by atoms with Crippen molar-refractivity contribution in [1.29, 1.82) is 0 Å². The van der Waals surface area contributed by atoms with Gasteiger partial charge in [-0.3, -0.25) is 24.8 Å². The number of carbonyl (C=O) groups excluding carboxylic acids is 3. The van der Waals surface area contributed by atoms with Crippen LogP contribution < -0.4 is 16.6 Å². The predicted molar refractivity (Wildman–Crippen MR) is 163 cm³/mol. The number of nitrogens with zero attached hydrogens (tertiary/aromatic N) is 1. The van der Waals surface area contributed by atoms with Crippen molar-refractivity contribution in [3.8, 4) is 0 Å². The van der Waals surface area contributed by atoms with Crippen molar-refractivity contribution in [2.24, 2.45) is 23.5 Å². The summed E-state index contributed by atoms with van der Waals surface area (Å²) in [7, 11) is 0. The summed E-state index contributed by atoms with van der Waals surface area (Å²) < 4.78 is 5.60. The fraction of sp³-hybridized carbons (Fsp3) is 0.485. The molecule has 3 amide bonds. The highest BCUT2D eigenvalue weighted by atomic mass is 16.8. The lowest BCUT2D eigenvalue weighted by Gasteiger charge is -2.31. The minimum atomic E-state index is -0.804. The summed E-state index contributed by atoms with van der Waals surface area (Å²) >= 11 is 0. The molecule has 9 nitrogen and oxygen atoms in total. The van der Waals surface area contributed by atoms with Crippen molar-refractivity contribution in [1.82, 2.24) is 15.9 Å². The van der Waals surface area contributed by atoms with Crippen LogP contribution in [0, 0.1) is 17.8 Å². The Morgan fingerprint density at radius 3 is 2.31 bits per heavy atom. The molecule has 2 aromatic carbocycles. The Kier molecular flexibility index (Phi) is 13.7. The lowest BCUT2D eigenvalue weighted by Crippen LogP contribution is -2.55. The second kappa shape index (κ2) is 17.4. The van der Waals surface area contributed by atoms with Crippen LogP contribution in [0.3, 0.4) is 0 Å². The fourth-order valence-electron chi connectivity index (χ4n) is 4.90. The number of hydrogen-bond donors (Lipinski definition) is 3. The number of carbonyl (C=O) groups is 3. The number of allylic oxidation sites excluding steroid dienone is 1. The molecule has 42 heavy (non-hydrogen) atoms. The second-order valence-electron chi connectivity index (χ2n) is 11.3. The minimum absolute atomic E-state index is 0.110. The average molecular weight is 579 g/mol. The molecular weight excluding hydrogens is 532 g/mol. The molecule has 0 radical (unpaired) electrons. The maximum absolute atomic E-state index is 13.9. The fourth-order valence-corrected chi connectivity index (χ4v) is 4.90. The van der Waals surface area contributed by atoms with Gasteiger partial charge in [0.15, 0.2) is 6.29 Å². The molecule has 4 N–H and O–H groups in total. The molecule has 1 heterocycles. The normalized spacial score (nSPS) is 17.4. The van der Waals surface area contributed by atoms with Gasteiger partial charge in [0.1, 0.15) is 0 Å². The Morgan fingerprint density at radius 1 is 1.00 bits per heavy atom. The van der Waals surface area contributed by atoms with Crippen molar-refractivity contribution >= 4 is 23.8 Å². The third-order valence-corrected chi connectivity index (χ3v) is 7.18. The summed E-state index contributed by atoms with van der Waals surface area (Å²) in [5, 5.41) is 1.29. The van der Waals surface area contributed by atoms with Crippen LogP contribution in [-0.2, 0) is 30.4 Å². The Labute approximate surface area is 249 Å². The molecule has 0 spiro atoms. The van der Waals surface area contributed by atoms with Gasteiger partial charge >= 0.3 is 0 Å². The van der Waals surface area contributed by atoms with Gasteiger partial charge in [-0.1, -0.05) is 86.7 Å². The number of nitrogens with one attached hydrogen (secondary N) is 2. The van der Waals surface area contributed by atoms with E-state index in [1.165, 1.54) is 5.01 Å². The second-order valence-corrected chi connectivity index (χ2v) is 11.3. The van der Waals surface area contributed by atoms with E-state index in [-0.39, 0.29) is 12.5 Å². The van der Waals surface area contributed by atoms with Crippen molar-refractivity contribution < 1.29 is 24.0 Å². The van der Waals surface area contributed by atoms with Crippen LogP contribution in [0.2, 0.25) is 0 Å². The van der Waals surface area contributed by atoms with Crippen LogP contribution in [0.1, 0.15) is 64.0 Å². The summed E-state index contributed by atoms with van der Waals surface area (Å²) in [6, 6.07) is 18.7. The molecule has 4 atom stereocenters. The molecule has 1 aliphatic rings. The molecule has 228 valence electrons. The first-order valence-electron chi connectivity index (χ1n) is 14.9. The van der Waals surface area contributed by atoms with E-state index in [0.29, 0.717) is 32.3 Å². The highest BCUT2D eigenvalue weighted by Gasteiger charge is 2.36. The van der Waals surface area contributed by atoms with Crippen molar-refractivity contribution in [3.63, 3.8) is 0 Å². The number of nitrogens with two attached hydrogens (primary N) is 1. The summed E-state index contributed by atoms with van der Waals surface area (Å²) in [5.41, 5.74) is 13.3. The minimum Gasteiger partial charge on any atom is -0.350 e. The largest absolute Gasteiger partial charge is 0.350 e. The highest BCUT2D eigenvalue weighted by Crippen LogP contribution is 2.26. The quantitative estimate of drug-likeness (QED) is 0.286. The lowest BCUT2D eigenvalue weighted by atomic mass is 9.82. The first-order chi connectivity index (χ1) is 20.2. The molecule has 0 saturated carbocycles. The number of ether oxygens (including phenoxy) is 1. The zero-order valence-electron chi connectivity index (χ0n) is 25.0. The van der Waals surface area contributed by atoms with Crippen LogP contribution in [0.25, 0.3) is 6.08 Å². The Balaban J connectivity index is 1.81. The van der Waals surface area contributed by atoms with Crippen molar-refractivity contribution in [2.45, 2.75) is 71.6 Å². The van der Waals surface area contributed by atoms with Crippen LogP contribution in [0.15, 0.2) is 66.7 Å². The third-order valence-electron chi connectivity index (χ3n) is 7.18. The molecule has 0 aromatic heterocycles. The van der Waals surface area contributed by atoms with Gasteiger partial charge in [0.05, 0.1) is 17.9 Å². The predicted octanol–water partition coefficient (Wildman–Crippen LogP) is 4.39. The van der Waals surface area contributed by atoms with E-state index in [2.05, 4.69) is 10.9 Å². The monoisotopic (exact) mass is 578 g/mol. The maximum Gasteiger partial charge on any atom is 0.257 e. The Hall–Kier alpha value is -3.53. The molecule has 3 rings (SSSR count). The average Bonchev–Trinajstić information content (AvgIpc) is 3.00. The van der Waals surface area contributed by atoms with Crippen molar-refractivity contribution in [3.05, 3.63) is 77.9 Å². The summed E-state index contributed by atoms with van der Waals surface area (Å²) in [6.07, 6.45) is 7.18. The van der Waals surface area contributed by atoms with Gasteiger partial charge in [0.25, 0.3) is 5.91 Å². The topological polar surface area (TPSA) is 123 Å². The summed E-state index contributed by atoms with van der Waals surface area (Å²) in [5.74, 6) is -2.59. The molecule has 1 fully saturated rings. The van der Waals surface area contributed by atoms with E-state index in [0.717, 1.165) is 24.0 Å². The van der Waals surface area contributed by atoms with E-state index in [1.54, 1.807) is 6.92 Å². The first kappa shape index (κ1) is 33.0. The van der Waals surface area contributed by atoms with Gasteiger partial charge in [0, 0.05) is 19.6 Å². The van der Waals surface area contributed by atoms with E-state index in [9.17, 15) is 14.4 Å². The van der Waals surface area contributed by atoms with Crippen LogP contribution in [-0.4, -0.2) is 48.2 Å². The summed E-state index contributed by atoms with van der Waals surface area (Å²) in [6.45, 7) is 6.42. The molecule has 0 aliphatic carbocycles. The van der Waals surface area contributed by atoms with Gasteiger partial charge in [0.2, 0.25) is 11.8 Å². The molecule has 1 aliphatic heterocycles. The molecule has 2 aromatic rings. The standard InChI is InChI=1S/C33H46N4O5/c1-24(2)23-29(31(38)35-37(33(40)25(3)34)21-20-27-15-8-5-9-16-27)28(18-12-17-26-13-6-4-7-14-26)32(39)36-42-30-19-10-11-22-41-30/h4-9,12-17,24-25,28-30H,10-11,18-23,34H2,1-3H3,(H,35,38)(H,36,39)/b17-12+/t25-,28+,29-,30?/m1/s1. The molecule has 0 bridgehead atoms. The molecule has 1 saturated heterocycles. The van der Waals surface area contributed by atoms with Crippen molar-refractivity contribution in [2.75, 3.05) is 13.2 Å². The number of amides is 3. The SMILES string of the molecule is CC(C)C[C@@H](C(=O)NN(CCc1ccccc1)C(=O)[C@@H](C)N)[C@H](C/C=C/c1ccccc1)C(=O)NOC1CCCCO1. The molecule has 1 unspecified atom stereocenters. The van der Waals surface area contributed by atoms with Crippen LogP contribution in [0.5, 0.6) is 0 Å². The lowest BCUT2D eigenvalue weighted by molar-refractivity contribution is -0.203. The smallest absolute Gasteiger partial charge is 0.257 e. The van der Waals surface area contributed by atoms with E-state index in [4.69, 9.17) is 15.3 Å². The van der Waals surface area contributed by atoms with Crippen LogP contribution >= 0.6 is 0 Å². The zero-order chi connectivity index (χ0) is 30.3. The Morgan fingerprint density at radius 2 is 1.69 bits per heavy atom. The third kappa shape index (κ3) is 11.0. The van der Waals surface area contributed by atoms with E-state index >= 15 is 0 Å². The van der Waals surface area contributed by atoms with Gasteiger partial charge < -0.3 is 10.5 Å². The highest BCUT2D eigenvalue weighted by molar-refractivity contribution is 5.89. The zero-order valence-corrected chi connectivity index (χ0v) is 25.0. The number of benzene rings is 2. The summed E-state index contributed by atoms with van der Waals surface area (Å²) in [4.78, 5) is 46.1. The maximum atomic E-state index is 13.9. The van der Waals surface area contributed by atoms with Gasteiger partial charge in [-0.15, -0.1) is 0 Å². The number of hydroxylamine groups is 1. The number of hydrazine groups is 1. The molecule has 9 heteroatoms. The van der Waals surface area contributed by atoms with Crippen LogP contribution in [0.4, 0.5) is 0 Å². The number of rotatable bonds is 14. The van der Waals surface area contributed by atoms with E-state index < -0.39 is 41.9 Å². The Bertz CT molecular complexity index is 1130. The number of hydrogen-bond acceptors (Lipinski definition) is 6. The van der Waals surface area contributed by atoms with E-state index in [1.807, 2.05) is 86.7 Å².